The smallest absolute Gasteiger partial charge is 0.125 e. The van der Waals surface area contributed by atoms with E-state index in [0.29, 0.717) is 5.56 Å². The van der Waals surface area contributed by atoms with Crippen molar-refractivity contribution in [1.29, 1.82) is 5.26 Å². The molecule has 7 rings (SSSR count). The summed E-state index contributed by atoms with van der Waals surface area (Å²) in [5.74, 6) is -0.262. The Labute approximate surface area is 202 Å². The molecule has 35 heavy (non-hydrogen) atoms. The van der Waals surface area contributed by atoms with E-state index in [1.165, 1.54) is 33.1 Å². The predicted molar refractivity (Wildman–Crippen MR) is 138 cm³/mol. The van der Waals surface area contributed by atoms with Gasteiger partial charge in [-0.2, -0.15) is 5.26 Å². The molecule has 0 aliphatic heterocycles. The van der Waals surface area contributed by atoms with E-state index in [1.54, 1.807) is 12.1 Å². The van der Waals surface area contributed by atoms with Gasteiger partial charge in [0.05, 0.1) is 16.8 Å². The molecule has 4 aromatic carbocycles. The maximum Gasteiger partial charge on any atom is 0.125 e. The minimum Gasteiger partial charge on any atom is -0.337 e. The zero-order chi connectivity index (χ0) is 23.5. The van der Waals surface area contributed by atoms with Gasteiger partial charge >= 0.3 is 0 Å². The third-order valence-corrected chi connectivity index (χ3v) is 7.55. The van der Waals surface area contributed by atoms with E-state index < -0.39 is 0 Å². The van der Waals surface area contributed by atoms with Crippen molar-refractivity contribution in [2.45, 2.75) is 25.3 Å². The first-order valence-corrected chi connectivity index (χ1v) is 12.0. The molecule has 0 saturated carbocycles. The molecule has 0 fully saturated rings. The maximum absolute atomic E-state index is 14.4. The summed E-state index contributed by atoms with van der Waals surface area (Å²) < 4.78 is 19.1. The van der Waals surface area contributed by atoms with Gasteiger partial charge in [0.15, 0.2) is 0 Å². The monoisotopic (exact) mass is 455 g/mol. The first kappa shape index (κ1) is 20.1. The summed E-state index contributed by atoms with van der Waals surface area (Å²) >= 11 is 0. The zero-order valence-electron chi connectivity index (χ0n) is 19.1. The second-order valence-electron chi connectivity index (χ2n) is 9.35. The lowest BCUT2D eigenvalue weighted by molar-refractivity contribution is 0.457. The quantitative estimate of drug-likeness (QED) is 0.266. The Bertz CT molecular complexity index is 1760. The van der Waals surface area contributed by atoms with E-state index >= 15 is 0 Å². The molecule has 1 aliphatic carbocycles. The van der Waals surface area contributed by atoms with Gasteiger partial charge in [0, 0.05) is 45.3 Å². The molecule has 0 spiro atoms. The maximum atomic E-state index is 14.4. The van der Waals surface area contributed by atoms with Crippen molar-refractivity contribution in [1.82, 2.24) is 9.13 Å². The Kier molecular flexibility index (Phi) is 4.34. The normalized spacial score (nSPS) is 15.5. The summed E-state index contributed by atoms with van der Waals surface area (Å²) in [6.07, 6.45) is 2.73. The number of rotatable bonds is 2. The molecule has 3 nitrogen and oxygen atoms in total. The first-order chi connectivity index (χ1) is 17.2. The molecule has 1 atom stereocenters. The van der Waals surface area contributed by atoms with E-state index in [-0.39, 0.29) is 11.9 Å². The summed E-state index contributed by atoms with van der Waals surface area (Å²) in [5, 5.41) is 13.5. The van der Waals surface area contributed by atoms with Crippen LogP contribution in [0.2, 0.25) is 0 Å². The number of aryl methyl sites for hydroxylation is 1. The van der Waals surface area contributed by atoms with E-state index in [1.807, 2.05) is 30.3 Å². The van der Waals surface area contributed by atoms with Crippen LogP contribution in [0.15, 0.2) is 91.0 Å². The first-order valence-electron chi connectivity index (χ1n) is 12.0. The highest BCUT2D eigenvalue weighted by atomic mass is 19.1. The fourth-order valence-electron chi connectivity index (χ4n) is 6.12. The van der Waals surface area contributed by atoms with Gasteiger partial charge in [-0.1, -0.05) is 48.5 Å². The Morgan fingerprint density at radius 1 is 0.771 bits per heavy atom. The Morgan fingerprint density at radius 2 is 1.46 bits per heavy atom. The fraction of sp³-hybridized carbons (Fsp3) is 0.129. The van der Waals surface area contributed by atoms with Gasteiger partial charge in [0.1, 0.15) is 11.9 Å². The van der Waals surface area contributed by atoms with Gasteiger partial charge in [-0.25, -0.2) is 4.39 Å². The van der Waals surface area contributed by atoms with Gasteiger partial charge < -0.3 is 9.13 Å². The van der Waals surface area contributed by atoms with Gasteiger partial charge in [-0.3, -0.25) is 0 Å². The Morgan fingerprint density at radius 3 is 2.20 bits per heavy atom. The molecule has 6 aromatic rings. The van der Waals surface area contributed by atoms with Crippen LogP contribution in [-0.2, 0) is 12.8 Å². The number of halogens is 1. The summed E-state index contributed by atoms with van der Waals surface area (Å²) in [6.45, 7) is 0. The van der Waals surface area contributed by atoms with Gasteiger partial charge in [-0.15, -0.1) is 0 Å². The zero-order valence-corrected chi connectivity index (χ0v) is 19.1. The third kappa shape index (κ3) is 2.88. The number of hydrogen-bond acceptors (Lipinski definition) is 1. The van der Waals surface area contributed by atoms with Crippen molar-refractivity contribution < 1.29 is 4.39 Å². The van der Waals surface area contributed by atoms with Crippen LogP contribution in [0.25, 0.3) is 38.4 Å². The van der Waals surface area contributed by atoms with E-state index in [0.717, 1.165) is 35.9 Å². The van der Waals surface area contributed by atoms with Gasteiger partial charge in [0.25, 0.3) is 0 Å². The highest BCUT2D eigenvalue weighted by Gasteiger charge is 2.29. The molecule has 1 aliphatic rings. The van der Waals surface area contributed by atoms with Crippen molar-refractivity contribution in [3.63, 3.8) is 0 Å². The fourth-order valence-corrected chi connectivity index (χ4v) is 6.12. The molecular weight excluding hydrogens is 433 g/mol. The summed E-state index contributed by atoms with van der Waals surface area (Å²) in [5.41, 5.74) is 7.17. The van der Waals surface area contributed by atoms with E-state index in [4.69, 9.17) is 0 Å². The van der Waals surface area contributed by atoms with E-state index in [9.17, 15) is 9.65 Å². The molecule has 0 N–H and O–H groups in total. The third-order valence-electron chi connectivity index (χ3n) is 7.55. The summed E-state index contributed by atoms with van der Waals surface area (Å²) in [4.78, 5) is 0. The van der Waals surface area contributed by atoms with Crippen LogP contribution in [0.5, 0.6) is 0 Å². The molecule has 168 valence electrons. The van der Waals surface area contributed by atoms with Crippen LogP contribution in [0, 0.1) is 17.1 Å². The molecular formula is C31H22FN3. The van der Waals surface area contributed by atoms with Crippen LogP contribution in [0.4, 0.5) is 4.39 Å². The van der Waals surface area contributed by atoms with Crippen molar-refractivity contribution >= 4 is 32.7 Å². The number of nitrogens with zero attached hydrogens (tertiary/aromatic N) is 3. The predicted octanol–water partition coefficient (Wildman–Crippen LogP) is 7.48. The van der Waals surface area contributed by atoms with Gasteiger partial charge in [-0.05, 0) is 60.9 Å². The molecule has 0 bridgehead atoms. The molecule has 2 heterocycles. The largest absolute Gasteiger partial charge is 0.337 e. The van der Waals surface area contributed by atoms with Crippen LogP contribution in [-0.4, -0.2) is 9.13 Å². The summed E-state index contributed by atoms with van der Waals surface area (Å²) in [6, 6.07) is 32.5. The van der Waals surface area contributed by atoms with E-state index in [2.05, 4.69) is 63.7 Å². The van der Waals surface area contributed by atoms with Crippen LogP contribution >= 0.6 is 0 Å². The van der Waals surface area contributed by atoms with Crippen molar-refractivity contribution in [2.24, 2.45) is 0 Å². The second-order valence-corrected chi connectivity index (χ2v) is 9.35. The number of fused-ring (bicyclic) bond motifs is 6. The lowest BCUT2D eigenvalue weighted by Crippen LogP contribution is -2.20. The number of hydrogen-bond donors (Lipinski definition) is 0. The van der Waals surface area contributed by atoms with Crippen molar-refractivity contribution in [3.05, 3.63) is 114 Å². The van der Waals surface area contributed by atoms with Gasteiger partial charge in [0.2, 0.25) is 0 Å². The standard InChI is InChI=1S/C31H22FN3/c32-21-13-15-25-26-16-14-22(34-28-11-5-2-8-23(28)24-9-3-6-12-29(24)34)18-31(26)35(30(25)17-21)27-10-4-1-7-20(27)19-33/h1-13,15,17,22H,14,16,18H2. The average Bonchev–Trinajstić information content (AvgIpc) is 3.40. The molecule has 0 radical (unpaired) electrons. The van der Waals surface area contributed by atoms with Crippen LogP contribution < -0.4 is 0 Å². The van der Waals surface area contributed by atoms with Crippen molar-refractivity contribution in [2.75, 3.05) is 0 Å². The molecule has 1 unspecified atom stereocenters. The topological polar surface area (TPSA) is 33.6 Å². The average molecular weight is 456 g/mol. The number of benzene rings is 4. The molecule has 2 aromatic heterocycles. The summed E-state index contributed by atoms with van der Waals surface area (Å²) in [7, 11) is 0. The van der Waals surface area contributed by atoms with Crippen LogP contribution in [0.1, 0.15) is 29.3 Å². The number of nitriles is 1. The highest BCUT2D eigenvalue weighted by molar-refractivity contribution is 6.08. The highest BCUT2D eigenvalue weighted by Crippen LogP contribution is 2.41. The minimum atomic E-state index is -0.262. The molecule has 4 heteroatoms. The van der Waals surface area contributed by atoms with Crippen LogP contribution in [0.3, 0.4) is 0 Å². The molecule has 0 amide bonds. The number of aromatic nitrogens is 2. The molecule has 0 saturated heterocycles. The Hall–Kier alpha value is -4.36. The Balaban J connectivity index is 1.49. The number of para-hydroxylation sites is 3. The lowest BCUT2D eigenvalue weighted by atomic mass is 9.91. The lowest BCUT2D eigenvalue weighted by Gasteiger charge is -2.27. The minimum absolute atomic E-state index is 0.259. The second kappa shape index (κ2) is 7.58. The SMILES string of the molecule is N#Cc1ccccc1-n1c2c(c3ccc(F)cc31)CCC(n1c3ccccc3c3ccccc31)C2. The van der Waals surface area contributed by atoms with Crippen molar-refractivity contribution in [3.8, 4) is 11.8 Å².